The molecule has 3 heteroatoms. The van der Waals surface area contributed by atoms with Crippen molar-refractivity contribution in [3.63, 3.8) is 0 Å². The Hall–Kier alpha value is -1.35. The van der Waals surface area contributed by atoms with Crippen LogP contribution < -0.4 is 0 Å². The lowest BCUT2D eigenvalue weighted by molar-refractivity contribution is -0.138. The first-order valence-electron chi connectivity index (χ1n) is 6.62. The maximum absolute atomic E-state index is 10.9. The molecule has 0 heterocycles. The van der Waals surface area contributed by atoms with Gasteiger partial charge in [-0.2, -0.15) is 0 Å². The largest absolute Gasteiger partial charge is 0.481 e. The fourth-order valence-corrected chi connectivity index (χ4v) is 2.48. The Morgan fingerprint density at radius 2 is 2.00 bits per heavy atom. The van der Waals surface area contributed by atoms with Crippen LogP contribution in [0, 0.1) is 5.41 Å². The fraction of sp³-hybridized carbons (Fsp3) is 0.533. The molecular formula is C15H21NO2. The molecule has 0 unspecified atom stereocenters. The zero-order valence-electron chi connectivity index (χ0n) is 10.9. The molecule has 1 fully saturated rings. The summed E-state index contributed by atoms with van der Waals surface area (Å²) in [6.07, 6.45) is 2.44. The van der Waals surface area contributed by atoms with E-state index in [2.05, 4.69) is 24.0 Å². The molecule has 2 rings (SSSR count). The molecule has 0 aliphatic heterocycles. The second-order valence-corrected chi connectivity index (χ2v) is 5.36. The van der Waals surface area contributed by atoms with Gasteiger partial charge in [-0.25, -0.2) is 0 Å². The molecule has 3 nitrogen and oxygen atoms in total. The predicted octanol–water partition coefficient (Wildman–Crippen LogP) is 2.76. The molecule has 0 aromatic heterocycles. The normalized spacial score (nSPS) is 16.8. The van der Waals surface area contributed by atoms with Crippen LogP contribution in [0.3, 0.4) is 0 Å². The van der Waals surface area contributed by atoms with E-state index in [9.17, 15) is 4.79 Å². The highest BCUT2D eigenvalue weighted by molar-refractivity contribution is 5.68. The van der Waals surface area contributed by atoms with E-state index in [-0.39, 0.29) is 5.41 Å². The molecule has 0 atom stereocenters. The SMILES string of the molecule is CCN(Cc1ccccc1)CC1(CC(=O)O)CC1. The van der Waals surface area contributed by atoms with Crippen molar-refractivity contribution in [3.8, 4) is 0 Å². The molecule has 0 amide bonds. The molecule has 0 radical (unpaired) electrons. The summed E-state index contributed by atoms with van der Waals surface area (Å²) in [5.41, 5.74) is 1.35. The minimum absolute atomic E-state index is 0.0522. The lowest BCUT2D eigenvalue weighted by Crippen LogP contribution is -2.31. The Kier molecular flexibility index (Phi) is 4.02. The van der Waals surface area contributed by atoms with E-state index in [4.69, 9.17) is 5.11 Å². The van der Waals surface area contributed by atoms with Gasteiger partial charge in [-0.1, -0.05) is 37.3 Å². The van der Waals surface area contributed by atoms with Crippen molar-refractivity contribution in [2.75, 3.05) is 13.1 Å². The molecule has 98 valence electrons. The number of aliphatic carboxylic acids is 1. The first-order chi connectivity index (χ1) is 8.63. The number of carboxylic acid groups (broad SMARTS) is 1. The third kappa shape index (κ3) is 3.57. The first-order valence-corrected chi connectivity index (χ1v) is 6.62. The lowest BCUT2D eigenvalue weighted by atomic mass is 10.0. The summed E-state index contributed by atoms with van der Waals surface area (Å²) >= 11 is 0. The quantitative estimate of drug-likeness (QED) is 0.805. The molecule has 1 aliphatic carbocycles. The van der Waals surface area contributed by atoms with Gasteiger partial charge in [0.15, 0.2) is 0 Å². The van der Waals surface area contributed by atoms with Crippen LogP contribution >= 0.6 is 0 Å². The van der Waals surface area contributed by atoms with Crippen LogP contribution in [-0.2, 0) is 11.3 Å². The van der Waals surface area contributed by atoms with Crippen molar-refractivity contribution < 1.29 is 9.90 Å². The molecular weight excluding hydrogens is 226 g/mol. The number of nitrogens with zero attached hydrogens (tertiary/aromatic N) is 1. The highest BCUT2D eigenvalue weighted by Crippen LogP contribution is 2.49. The predicted molar refractivity (Wildman–Crippen MR) is 71.3 cm³/mol. The minimum atomic E-state index is -0.664. The van der Waals surface area contributed by atoms with Crippen LogP contribution in [0.15, 0.2) is 30.3 Å². The van der Waals surface area contributed by atoms with E-state index in [0.717, 1.165) is 32.5 Å². The van der Waals surface area contributed by atoms with Crippen LogP contribution in [0.1, 0.15) is 31.7 Å². The third-order valence-electron chi connectivity index (χ3n) is 3.74. The van der Waals surface area contributed by atoms with Crippen LogP contribution in [0.4, 0.5) is 0 Å². The van der Waals surface area contributed by atoms with E-state index < -0.39 is 5.97 Å². The zero-order chi connectivity index (χ0) is 13.0. The average Bonchev–Trinajstić information content (AvgIpc) is 3.08. The van der Waals surface area contributed by atoms with Crippen molar-refractivity contribution in [3.05, 3.63) is 35.9 Å². The number of carbonyl (C=O) groups is 1. The van der Waals surface area contributed by atoms with E-state index in [1.165, 1.54) is 5.56 Å². The van der Waals surface area contributed by atoms with Gasteiger partial charge >= 0.3 is 5.97 Å². The van der Waals surface area contributed by atoms with Gasteiger partial charge in [0, 0.05) is 13.1 Å². The third-order valence-corrected chi connectivity index (χ3v) is 3.74. The zero-order valence-corrected chi connectivity index (χ0v) is 10.9. The number of hydrogen-bond donors (Lipinski definition) is 1. The van der Waals surface area contributed by atoms with Gasteiger partial charge in [-0.15, -0.1) is 0 Å². The van der Waals surface area contributed by atoms with Gasteiger partial charge in [0.1, 0.15) is 0 Å². The number of benzene rings is 1. The standard InChI is InChI=1S/C15H21NO2/c1-2-16(11-13-6-4-3-5-7-13)12-15(8-9-15)10-14(17)18/h3-7H,2,8-12H2,1H3,(H,17,18). The van der Waals surface area contributed by atoms with Gasteiger partial charge < -0.3 is 5.11 Å². The maximum atomic E-state index is 10.9. The number of hydrogen-bond acceptors (Lipinski definition) is 2. The van der Waals surface area contributed by atoms with Crippen LogP contribution in [0.5, 0.6) is 0 Å². The molecule has 1 saturated carbocycles. The monoisotopic (exact) mass is 247 g/mol. The summed E-state index contributed by atoms with van der Waals surface area (Å²) in [4.78, 5) is 13.2. The molecule has 0 saturated heterocycles. The van der Waals surface area contributed by atoms with Crippen LogP contribution in [-0.4, -0.2) is 29.1 Å². The molecule has 18 heavy (non-hydrogen) atoms. The Labute approximate surface area is 108 Å². The lowest BCUT2D eigenvalue weighted by Gasteiger charge is -2.25. The first kappa shape index (κ1) is 13.1. The van der Waals surface area contributed by atoms with Gasteiger partial charge in [-0.3, -0.25) is 9.69 Å². The van der Waals surface area contributed by atoms with Crippen molar-refractivity contribution in [2.24, 2.45) is 5.41 Å². The highest BCUT2D eigenvalue weighted by atomic mass is 16.4. The molecule has 1 N–H and O–H groups in total. The Bertz CT molecular complexity index is 398. The van der Waals surface area contributed by atoms with Crippen molar-refractivity contribution in [2.45, 2.75) is 32.7 Å². The van der Waals surface area contributed by atoms with E-state index >= 15 is 0 Å². The van der Waals surface area contributed by atoms with Gasteiger partial charge in [0.05, 0.1) is 6.42 Å². The van der Waals surface area contributed by atoms with Crippen LogP contribution in [0.25, 0.3) is 0 Å². The number of rotatable bonds is 7. The Morgan fingerprint density at radius 3 is 2.50 bits per heavy atom. The average molecular weight is 247 g/mol. The van der Waals surface area contributed by atoms with Gasteiger partial charge in [0.25, 0.3) is 0 Å². The summed E-state index contributed by atoms with van der Waals surface area (Å²) in [5, 5.41) is 8.95. The fourth-order valence-electron chi connectivity index (χ4n) is 2.48. The van der Waals surface area contributed by atoms with E-state index in [1.54, 1.807) is 0 Å². The summed E-state index contributed by atoms with van der Waals surface area (Å²) in [6.45, 7) is 4.93. The number of carboxylic acids is 1. The maximum Gasteiger partial charge on any atom is 0.303 e. The van der Waals surface area contributed by atoms with E-state index in [0.29, 0.717) is 6.42 Å². The summed E-state index contributed by atoms with van der Waals surface area (Å²) < 4.78 is 0. The Balaban J connectivity index is 1.92. The van der Waals surface area contributed by atoms with Gasteiger partial charge in [0.2, 0.25) is 0 Å². The second-order valence-electron chi connectivity index (χ2n) is 5.36. The smallest absolute Gasteiger partial charge is 0.303 e. The summed E-state index contributed by atoms with van der Waals surface area (Å²) in [5.74, 6) is -0.664. The Morgan fingerprint density at radius 1 is 1.33 bits per heavy atom. The van der Waals surface area contributed by atoms with Crippen molar-refractivity contribution in [1.29, 1.82) is 0 Å². The minimum Gasteiger partial charge on any atom is -0.481 e. The topological polar surface area (TPSA) is 40.5 Å². The molecule has 1 aliphatic rings. The van der Waals surface area contributed by atoms with Crippen LogP contribution in [0.2, 0.25) is 0 Å². The highest BCUT2D eigenvalue weighted by Gasteiger charge is 2.45. The summed E-state index contributed by atoms with van der Waals surface area (Å²) in [6, 6.07) is 10.4. The molecule has 0 bridgehead atoms. The summed E-state index contributed by atoms with van der Waals surface area (Å²) in [7, 11) is 0. The van der Waals surface area contributed by atoms with Gasteiger partial charge in [-0.05, 0) is 30.4 Å². The molecule has 0 spiro atoms. The van der Waals surface area contributed by atoms with Crippen molar-refractivity contribution in [1.82, 2.24) is 4.90 Å². The second kappa shape index (κ2) is 5.53. The van der Waals surface area contributed by atoms with E-state index in [1.807, 2.05) is 18.2 Å². The molecule has 1 aromatic carbocycles. The molecule has 1 aromatic rings. The van der Waals surface area contributed by atoms with Crippen molar-refractivity contribution >= 4 is 5.97 Å².